The third-order valence-corrected chi connectivity index (χ3v) is 8.28. The molecule has 0 aliphatic carbocycles. The highest BCUT2D eigenvalue weighted by Crippen LogP contribution is 2.23. The number of rotatable bonds is 13. The molecular formula is C27H42N6O9. The average Bonchev–Trinajstić information content (AvgIpc) is 3.74. The van der Waals surface area contributed by atoms with Crippen molar-refractivity contribution in [3.05, 3.63) is 0 Å². The number of carbonyl (C=O) groups excluding carboxylic acids is 5. The second kappa shape index (κ2) is 14.9. The normalized spacial score (nSPS) is 24.0. The molecule has 5 amide bonds. The first kappa shape index (κ1) is 32.8. The Balaban J connectivity index is 1.65. The van der Waals surface area contributed by atoms with Crippen molar-refractivity contribution in [2.24, 2.45) is 5.92 Å². The molecule has 0 aromatic heterocycles. The molecule has 3 rings (SSSR count). The molecule has 42 heavy (non-hydrogen) atoms. The number of amides is 5. The summed E-state index contributed by atoms with van der Waals surface area (Å²) < 4.78 is 0. The maximum Gasteiger partial charge on any atom is 0.326 e. The van der Waals surface area contributed by atoms with Gasteiger partial charge in [-0.3, -0.25) is 28.8 Å². The summed E-state index contributed by atoms with van der Waals surface area (Å²) in [5.41, 5.74) is 0. The van der Waals surface area contributed by atoms with Crippen LogP contribution in [0.25, 0.3) is 0 Å². The smallest absolute Gasteiger partial charge is 0.326 e. The minimum Gasteiger partial charge on any atom is -0.481 e. The van der Waals surface area contributed by atoms with Gasteiger partial charge in [-0.15, -0.1) is 0 Å². The Morgan fingerprint density at radius 2 is 1.48 bits per heavy atom. The number of carboxylic acid groups (broad SMARTS) is 2. The van der Waals surface area contributed by atoms with Crippen LogP contribution in [0, 0.1) is 5.92 Å². The van der Waals surface area contributed by atoms with E-state index in [0.29, 0.717) is 38.6 Å². The first-order valence-electron chi connectivity index (χ1n) is 14.6. The highest BCUT2D eigenvalue weighted by atomic mass is 16.4. The monoisotopic (exact) mass is 594 g/mol. The summed E-state index contributed by atoms with van der Waals surface area (Å²) in [6, 6.07) is -4.82. The summed E-state index contributed by atoms with van der Waals surface area (Å²) in [7, 11) is 0. The second-order valence-corrected chi connectivity index (χ2v) is 11.2. The van der Waals surface area contributed by atoms with E-state index in [4.69, 9.17) is 5.11 Å². The van der Waals surface area contributed by atoms with Crippen LogP contribution in [0.2, 0.25) is 0 Å². The van der Waals surface area contributed by atoms with Gasteiger partial charge >= 0.3 is 11.9 Å². The lowest BCUT2D eigenvalue weighted by Gasteiger charge is -2.33. The molecule has 0 radical (unpaired) electrons. The molecule has 0 unspecified atom stereocenters. The van der Waals surface area contributed by atoms with Crippen molar-refractivity contribution < 1.29 is 43.8 Å². The van der Waals surface area contributed by atoms with Crippen LogP contribution in [0.1, 0.15) is 65.2 Å². The Morgan fingerprint density at radius 3 is 2.05 bits per heavy atom. The summed E-state index contributed by atoms with van der Waals surface area (Å²) in [6.07, 6.45) is 2.99. The number of likely N-dealkylation sites (tertiary alicyclic amines) is 2. The summed E-state index contributed by atoms with van der Waals surface area (Å²) in [5.74, 6) is -5.66. The van der Waals surface area contributed by atoms with Crippen molar-refractivity contribution in [2.45, 2.75) is 95.4 Å². The van der Waals surface area contributed by atoms with Crippen molar-refractivity contribution in [3.8, 4) is 0 Å². The largest absolute Gasteiger partial charge is 0.481 e. The van der Waals surface area contributed by atoms with E-state index in [1.54, 1.807) is 6.92 Å². The molecule has 0 aromatic carbocycles. The van der Waals surface area contributed by atoms with E-state index in [1.807, 2.05) is 6.92 Å². The first-order chi connectivity index (χ1) is 19.9. The van der Waals surface area contributed by atoms with Gasteiger partial charge in [-0.2, -0.15) is 0 Å². The van der Waals surface area contributed by atoms with Crippen LogP contribution in [0.4, 0.5) is 0 Å². The van der Waals surface area contributed by atoms with E-state index >= 15 is 0 Å². The molecule has 3 saturated heterocycles. The summed E-state index contributed by atoms with van der Waals surface area (Å²) >= 11 is 0. The Morgan fingerprint density at radius 1 is 0.857 bits per heavy atom. The number of nitrogens with one attached hydrogen (secondary N) is 4. The molecule has 0 spiro atoms. The van der Waals surface area contributed by atoms with Gasteiger partial charge < -0.3 is 41.3 Å². The van der Waals surface area contributed by atoms with Crippen LogP contribution < -0.4 is 21.3 Å². The van der Waals surface area contributed by atoms with Crippen molar-refractivity contribution >= 4 is 41.5 Å². The van der Waals surface area contributed by atoms with E-state index in [9.17, 15) is 38.7 Å². The third-order valence-electron chi connectivity index (χ3n) is 8.28. The number of carbonyl (C=O) groups is 7. The Bertz CT molecular complexity index is 1060. The molecule has 0 saturated carbocycles. The fourth-order valence-corrected chi connectivity index (χ4v) is 5.69. The van der Waals surface area contributed by atoms with Crippen molar-refractivity contribution in [1.29, 1.82) is 0 Å². The van der Waals surface area contributed by atoms with Crippen LogP contribution in [-0.4, -0.2) is 118 Å². The van der Waals surface area contributed by atoms with Crippen LogP contribution in [0.5, 0.6) is 0 Å². The van der Waals surface area contributed by atoms with Crippen LogP contribution >= 0.6 is 0 Å². The zero-order valence-electron chi connectivity index (χ0n) is 24.1. The van der Waals surface area contributed by atoms with Gasteiger partial charge in [-0.25, -0.2) is 4.79 Å². The molecule has 15 heteroatoms. The zero-order chi connectivity index (χ0) is 31.0. The molecule has 0 aromatic rings. The molecule has 3 fully saturated rings. The fraction of sp³-hybridized carbons (Fsp3) is 0.741. The minimum absolute atomic E-state index is 0.208. The molecular weight excluding hydrogens is 552 g/mol. The SMILES string of the molecule is CC[C@H](C)[C@H](NC(=O)[C@@H]1CCCN1C(=O)CNC(=O)[C@@H]1CCCN1)C(=O)N1CCC[C@H]1C(=O)N[C@@H](CC(=O)O)C(=O)O. The van der Waals surface area contributed by atoms with Gasteiger partial charge in [0.1, 0.15) is 24.2 Å². The lowest BCUT2D eigenvalue weighted by Crippen LogP contribution is -2.59. The topological polar surface area (TPSA) is 215 Å². The molecule has 3 aliphatic heterocycles. The molecule has 234 valence electrons. The summed E-state index contributed by atoms with van der Waals surface area (Å²) in [4.78, 5) is 90.5. The summed E-state index contributed by atoms with van der Waals surface area (Å²) in [6.45, 7) is 4.68. The fourth-order valence-electron chi connectivity index (χ4n) is 5.69. The zero-order valence-corrected chi connectivity index (χ0v) is 24.1. The number of nitrogens with zero attached hydrogens (tertiary/aromatic N) is 2. The Hall–Kier alpha value is -3.75. The van der Waals surface area contributed by atoms with E-state index in [-0.39, 0.29) is 37.4 Å². The molecule has 3 heterocycles. The molecule has 0 bridgehead atoms. The van der Waals surface area contributed by atoms with Crippen LogP contribution in [0.15, 0.2) is 0 Å². The van der Waals surface area contributed by atoms with E-state index in [0.717, 1.165) is 13.0 Å². The number of aliphatic carboxylic acids is 2. The maximum absolute atomic E-state index is 13.7. The number of carboxylic acids is 2. The van der Waals surface area contributed by atoms with Crippen molar-refractivity contribution in [1.82, 2.24) is 31.1 Å². The molecule has 6 atom stereocenters. The van der Waals surface area contributed by atoms with Gasteiger partial charge in [0, 0.05) is 13.1 Å². The van der Waals surface area contributed by atoms with Crippen LogP contribution in [0.3, 0.4) is 0 Å². The first-order valence-corrected chi connectivity index (χ1v) is 14.6. The van der Waals surface area contributed by atoms with Gasteiger partial charge in [0.25, 0.3) is 0 Å². The van der Waals surface area contributed by atoms with Crippen molar-refractivity contribution in [3.63, 3.8) is 0 Å². The quantitative estimate of drug-likeness (QED) is 0.144. The summed E-state index contributed by atoms with van der Waals surface area (Å²) in [5, 5.41) is 29.0. The van der Waals surface area contributed by atoms with Gasteiger partial charge in [0.2, 0.25) is 29.5 Å². The number of hydrogen-bond donors (Lipinski definition) is 6. The molecule has 3 aliphatic rings. The van der Waals surface area contributed by atoms with Gasteiger partial charge in [-0.05, 0) is 51.0 Å². The van der Waals surface area contributed by atoms with E-state index < -0.39 is 66.2 Å². The predicted octanol–water partition coefficient (Wildman–Crippen LogP) is -1.59. The lowest BCUT2D eigenvalue weighted by atomic mass is 9.96. The van der Waals surface area contributed by atoms with Crippen LogP contribution in [-0.2, 0) is 33.6 Å². The minimum atomic E-state index is -1.65. The average molecular weight is 595 g/mol. The maximum atomic E-state index is 13.7. The van der Waals surface area contributed by atoms with E-state index in [1.165, 1.54) is 9.80 Å². The Labute approximate surface area is 244 Å². The van der Waals surface area contributed by atoms with E-state index in [2.05, 4.69) is 21.3 Å². The highest BCUT2D eigenvalue weighted by Gasteiger charge is 2.42. The number of hydrogen-bond acceptors (Lipinski definition) is 8. The van der Waals surface area contributed by atoms with Gasteiger partial charge in [0.05, 0.1) is 19.0 Å². The third kappa shape index (κ3) is 8.17. The van der Waals surface area contributed by atoms with Gasteiger partial charge in [-0.1, -0.05) is 20.3 Å². The standard InChI is InChI=1S/C27H42N6O9/c1-3-15(2)22(26(40)33-12-6-9-19(33)24(38)30-17(27(41)42)13-21(35)36)31-25(39)18-8-5-11-32(18)20(34)14-29-23(37)16-7-4-10-28-16/h15-19,22,28H,3-14H2,1-2H3,(H,29,37)(H,30,38)(H,31,39)(H,35,36)(H,41,42)/t15-,16-,17-,18-,19-,22-/m0/s1. The predicted molar refractivity (Wildman–Crippen MR) is 147 cm³/mol. The molecule has 6 N–H and O–H groups in total. The lowest BCUT2D eigenvalue weighted by molar-refractivity contribution is -0.149. The molecule has 15 nitrogen and oxygen atoms in total. The second-order valence-electron chi connectivity index (χ2n) is 11.2. The Kier molecular flexibility index (Phi) is 11.6. The highest BCUT2D eigenvalue weighted by molar-refractivity contribution is 5.96. The van der Waals surface area contributed by atoms with Crippen molar-refractivity contribution in [2.75, 3.05) is 26.2 Å². The van der Waals surface area contributed by atoms with Gasteiger partial charge in [0.15, 0.2) is 0 Å².